The Morgan fingerprint density at radius 1 is 1.00 bits per heavy atom. The third-order valence-corrected chi connectivity index (χ3v) is 9.56. The summed E-state index contributed by atoms with van der Waals surface area (Å²) in [6.45, 7) is 4.74. The Morgan fingerprint density at radius 3 is 2.71 bits per heavy atom. The van der Waals surface area contributed by atoms with Gasteiger partial charge in [-0.15, -0.1) is 0 Å². The highest BCUT2D eigenvalue weighted by molar-refractivity contribution is 5.79. The van der Waals surface area contributed by atoms with Crippen molar-refractivity contribution in [3.8, 4) is 5.75 Å². The van der Waals surface area contributed by atoms with Crippen LogP contribution in [0.4, 0.5) is 5.95 Å². The van der Waals surface area contributed by atoms with Crippen molar-refractivity contribution in [3.63, 3.8) is 0 Å². The molecule has 1 saturated heterocycles. The summed E-state index contributed by atoms with van der Waals surface area (Å²) in [5.74, 6) is 1.40. The summed E-state index contributed by atoms with van der Waals surface area (Å²) in [7, 11) is 1.68. The van der Waals surface area contributed by atoms with Gasteiger partial charge in [0.2, 0.25) is 5.95 Å². The number of methoxy groups -OCH3 is 1. The van der Waals surface area contributed by atoms with Gasteiger partial charge in [-0.2, -0.15) is 0 Å². The van der Waals surface area contributed by atoms with Crippen LogP contribution in [0, 0.1) is 11.3 Å². The van der Waals surface area contributed by atoms with Gasteiger partial charge in [-0.25, -0.2) is 15.0 Å². The lowest BCUT2D eigenvalue weighted by molar-refractivity contribution is -0.161. The molecule has 5 aromatic rings. The summed E-state index contributed by atoms with van der Waals surface area (Å²) in [6.07, 6.45) is 9.25. The van der Waals surface area contributed by atoms with E-state index in [4.69, 9.17) is 24.2 Å². The third-order valence-electron chi connectivity index (χ3n) is 9.56. The lowest BCUT2D eigenvalue weighted by Gasteiger charge is -2.24. The van der Waals surface area contributed by atoms with E-state index in [0.717, 1.165) is 47.1 Å². The van der Waals surface area contributed by atoms with Crippen LogP contribution in [0.2, 0.25) is 0 Å². The summed E-state index contributed by atoms with van der Waals surface area (Å²) in [5.41, 5.74) is 4.53. The average Bonchev–Trinajstić information content (AvgIpc) is 3.27. The zero-order valence-electron chi connectivity index (χ0n) is 24.2. The molecule has 2 saturated carbocycles. The first kappa shape index (κ1) is 25.7. The highest BCUT2D eigenvalue weighted by atomic mass is 16.8. The Kier molecular flexibility index (Phi) is 5.81. The summed E-state index contributed by atoms with van der Waals surface area (Å²) >= 11 is 0. The Morgan fingerprint density at radius 2 is 1.86 bits per heavy atom. The Hall–Kier alpha value is -4.01. The molecule has 1 unspecified atom stereocenters. The fourth-order valence-corrected chi connectivity index (χ4v) is 7.47. The van der Waals surface area contributed by atoms with E-state index in [1.54, 1.807) is 7.11 Å². The standard InChI is InChI=1S/C34H35N5O3/c1-33(2)41-29-28(39-16-13-23-5-4-15-35-31(23)39)26-18-34(26,30(29)42-33)14-12-21-6-9-24-20-37-32(38-27(24)17-21)36-19-22-7-10-25(40-3)11-8-22/h4-11,13,15-17,20,26,28-30H,12,14,18-19H2,1-3H3,(H,36,37,38)/t26-,28-,29+,30+,34?/m1/s1. The van der Waals surface area contributed by atoms with Crippen molar-refractivity contribution in [2.75, 3.05) is 12.4 Å². The molecular formula is C34H35N5O3. The van der Waals surface area contributed by atoms with Gasteiger partial charge in [0.1, 0.15) is 17.5 Å². The number of nitrogens with zero attached hydrogens (tertiary/aromatic N) is 4. The van der Waals surface area contributed by atoms with Gasteiger partial charge in [-0.05, 0) is 86.6 Å². The Balaban J connectivity index is 1.01. The minimum absolute atomic E-state index is 0.0278. The predicted octanol–water partition coefficient (Wildman–Crippen LogP) is 6.31. The van der Waals surface area contributed by atoms with E-state index in [2.05, 4.69) is 51.4 Å². The van der Waals surface area contributed by atoms with Crippen LogP contribution in [0.15, 0.2) is 79.3 Å². The van der Waals surface area contributed by atoms with Gasteiger partial charge in [-0.1, -0.05) is 24.3 Å². The normalized spacial score (nSPS) is 27.2. The molecule has 2 aliphatic carbocycles. The van der Waals surface area contributed by atoms with Crippen molar-refractivity contribution in [2.24, 2.45) is 11.3 Å². The Bertz CT molecular complexity index is 1780. The van der Waals surface area contributed by atoms with Crippen LogP contribution in [0.3, 0.4) is 0 Å². The number of rotatable bonds is 8. The average molecular weight is 562 g/mol. The van der Waals surface area contributed by atoms with Crippen LogP contribution < -0.4 is 10.1 Å². The number of ether oxygens (including phenoxy) is 3. The van der Waals surface area contributed by atoms with Gasteiger partial charge < -0.3 is 24.1 Å². The largest absolute Gasteiger partial charge is 0.497 e. The molecule has 3 aromatic heterocycles. The van der Waals surface area contributed by atoms with Crippen LogP contribution in [-0.4, -0.2) is 44.6 Å². The minimum Gasteiger partial charge on any atom is -0.497 e. The summed E-state index contributed by atoms with van der Waals surface area (Å²) < 4.78 is 20.8. The monoisotopic (exact) mass is 561 g/mol. The minimum atomic E-state index is -0.584. The van der Waals surface area contributed by atoms with Crippen LogP contribution in [0.5, 0.6) is 5.75 Å². The summed E-state index contributed by atoms with van der Waals surface area (Å²) in [5, 5.41) is 5.57. The fourth-order valence-electron chi connectivity index (χ4n) is 7.47. The zero-order valence-corrected chi connectivity index (χ0v) is 24.2. The molecule has 4 heterocycles. The second-order valence-electron chi connectivity index (χ2n) is 12.5. The van der Waals surface area contributed by atoms with Gasteiger partial charge in [0.05, 0.1) is 24.8 Å². The summed E-state index contributed by atoms with van der Waals surface area (Å²) in [4.78, 5) is 14.1. The van der Waals surface area contributed by atoms with E-state index in [9.17, 15) is 0 Å². The van der Waals surface area contributed by atoms with Gasteiger partial charge in [0.25, 0.3) is 0 Å². The third kappa shape index (κ3) is 4.24. The number of aromatic nitrogens is 4. The van der Waals surface area contributed by atoms with E-state index in [0.29, 0.717) is 18.4 Å². The predicted molar refractivity (Wildman–Crippen MR) is 161 cm³/mol. The lowest BCUT2D eigenvalue weighted by Crippen LogP contribution is -2.32. The number of hydrogen-bond donors (Lipinski definition) is 1. The van der Waals surface area contributed by atoms with E-state index in [1.165, 1.54) is 10.9 Å². The molecule has 8 heteroatoms. The smallest absolute Gasteiger partial charge is 0.223 e. The van der Waals surface area contributed by atoms with Gasteiger partial charge in [0, 0.05) is 41.3 Å². The molecule has 8 nitrogen and oxygen atoms in total. The molecule has 0 bridgehead atoms. The molecule has 0 radical (unpaired) electrons. The van der Waals surface area contributed by atoms with Crippen molar-refractivity contribution in [1.82, 2.24) is 19.5 Å². The van der Waals surface area contributed by atoms with E-state index < -0.39 is 5.79 Å². The zero-order chi connectivity index (χ0) is 28.5. The molecule has 2 aromatic carbocycles. The first-order valence-electron chi connectivity index (χ1n) is 14.8. The lowest BCUT2D eigenvalue weighted by atomic mass is 9.91. The van der Waals surface area contributed by atoms with Crippen molar-refractivity contribution in [1.29, 1.82) is 0 Å². The molecule has 3 fully saturated rings. The number of pyridine rings is 1. The summed E-state index contributed by atoms with van der Waals surface area (Å²) in [6, 6.07) is 21.1. The van der Waals surface area contributed by atoms with Crippen molar-refractivity contribution < 1.29 is 14.2 Å². The maximum absolute atomic E-state index is 6.63. The molecule has 1 aliphatic heterocycles. The quantitative estimate of drug-likeness (QED) is 0.238. The molecule has 3 aliphatic rings. The molecule has 1 N–H and O–H groups in total. The molecule has 0 amide bonds. The van der Waals surface area contributed by atoms with Gasteiger partial charge in [-0.3, -0.25) is 0 Å². The SMILES string of the molecule is COc1ccc(CNc2ncc3ccc(CCC45C[C@@H]4[C@@H](n4ccc6cccnc64)[C@@H]4OC(C)(C)O[C@@H]45)cc3n2)cc1. The van der Waals surface area contributed by atoms with Gasteiger partial charge >= 0.3 is 0 Å². The second-order valence-corrected chi connectivity index (χ2v) is 12.5. The van der Waals surface area contributed by atoms with E-state index in [-0.39, 0.29) is 23.7 Å². The Labute approximate surface area is 245 Å². The van der Waals surface area contributed by atoms with Crippen LogP contribution in [-0.2, 0) is 22.4 Å². The molecule has 214 valence electrons. The van der Waals surface area contributed by atoms with Crippen LogP contribution in [0.25, 0.3) is 21.9 Å². The second kappa shape index (κ2) is 9.51. The highest BCUT2D eigenvalue weighted by Gasteiger charge is 2.75. The molecular weight excluding hydrogens is 526 g/mol. The maximum Gasteiger partial charge on any atom is 0.223 e. The molecule has 0 spiro atoms. The van der Waals surface area contributed by atoms with Crippen molar-refractivity contribution in [2.45, 2.75) is 63.7 Å². The van der Waals surface area contributed by atoms with Crippen molar-refractivity contribution in [3.05, 3.63) is 90.4 Å². The topological polar surface area (TPSA) is 83.3 Å². The highest BCUT2D eigenvalue weighted by Crippen LogP contribution is 2.73. The number of hydrogen-bond acceptors (Lipinski definition) is 7. The molecule has 42 heavy (non-hydrogen) atoms. The number of anilines is 1. The number of fused-ring (bicyclic) bond motifs is 5. The van der Waals surface area contributed by atoms with E-state index in [1.807, 2.05) is 56.6 Å². The van der Waals surface area contributed by atoms with E-state index >= 15 is 0 Å². The van der Waals surface area contributed by atoms with Gasteiger partial charge in [0.15, 0.2) is 5.79 Å². The van der Waals surface area contributed by atoms with Crippen LogP contribution >= 0.6 is 0 Å². The number of nitrogens with one attached hydrogen (secondary N) is 1. The van der Waals surface area contributed by atoms with Crippen molar-refractivity contribution >= 4 is 27.9 Å². The first-order valence-corrected chi connectivity index (χ1v) is 14.8. The first-order chi connectivity index (χ1) is 20.4. The molecule has 5 atom stereocenters. The number of aryl methyl sites for hydroxylation is 1. The maximum atomic E-state index is 6.63. The number of benzene rings is 2. The fraction of sp³-hybridized carbons (Fsp3) is 0.382. The molecule has 8 rings (SSSR count). The van der Waals surface area contributed by atoms with Crippen LogP contribution in [0.1, 0.15) is 43.9 Å².